The Balaban J connectivity index is 1.40. The highest BCUT2D eigenvalue weighted by Gasteiger charge is 2.32. The minimum atomic E-state index is -0.00170. The van der Waals surface area contributed by atoms with E-state index in [4.69, 9.17) is 14.1 Å². The van der Waals surface area contributed by atoms with E-state index in [-0.39, 0.29) is 11.9 Å². The number of ether oxygens (including phenoxy) is 1. The molecular formula is C22H21N3O3. The van der Waals surface area contributed by atoms with E-state index in [1.54, 1.807) is 13.4 Å². The molecule has 1 aliphatic heterocycles. The molecule has 0 aliphatic carbocycles. The normalized spacial score (nSPS) is 16.9. The van der Waals surface area contributed by atoms with Crippen LogP contribution in [0.25, 0.3) is 22.0 Å². The summed E-state index contributed by atoms with van der Waals surface area (Å²) in [6, 6.07) is 13.6. The Bertz CT molecular complexity index is 1130. The van der Waals surface area contributed by atoms with Crippen molar-refractivity contribution in [3.8, 4) is 5.75 Å². The molecule has 0 spiro atoms. The molecule has 1 fully saturated rings. The molecule has 0 radical (unpaired) electrons. The molecule has 4 aromatic rings. The molecular weight excluding hydrogens is 354 g/mol. The summed E-state index contributed by atoms with van der Waals surface area (Å²) < 4.78 is 10.9. The second kappa shape index (κ2) is 6.71. The third-order valence-electron chi connectivity index (χ3n) is 5.50. The van der Waals surface area contributed by atoms with Crippen molar-refractivity contribution >= 4 is 27.9 Å². The van der Waals surface area contributed by atoms with E-state index in [2.05, 4.69) is 4.98 Å². The maximum atomic E-state index is 13.1. The van der Waals surface area contributed by atoms with Crippen LogP contribution < -0.4 is 4.74 Å². The number of furan rings is 1. The molecule has 142 valence electrons. The second-order valence-corrected chi connectivity index (χ2v) is 7.18. The number of amides is 1. The molecule has 0 saturated carbocycles. The number of hydrogen-bond donors (Lipinski definition) is 1. The number of benzene rings is 2. The molecule has 5 rings (SSSR count). The fourth-order valence-electron chi connectivity index (χ4n) is 4.07. The van der Waals surface area contributed by atoms with E-state index in [0.717, 1.165) is 58.5 Å². The second-order valence-electron chi connectivity index (χ2n) is 7.18. The minimum absolute atomic E-state index is 0.00170. The van der Waals surface area contributed by atoms with Crippen LogP contribution in [0, 0.1) is 0 Å². The SMILES string of the molecule is COc1ccc2c(CC(=O)N3CCC[C@@H]3c3nc4ccccc4[nH]3)coc2c1. The van der Waals surface area contributed by atoms with Crippen molar-refractivity contribution in [2.75, 3.05) is 13.7 Å². The average Bonchev–Trinajstić information content (AvgIpc) is 3.45. The highest BCUT2D eigenvalue weighted by molar-refractivity contribution is 5.88. The van der Waals surface area contributed by atoms with Gasteiger partial charge < -0.3 is 19.0 Å². The number of carbonyl (C=O) groups is 1. The van der Waals surface area contributed by atoms with Gasteiger partial charge in [0.15, 0.2) is 0 Å². The first-order valence-electron chi connectivity index (χ1n) is 9.51. The number of rotatable bonds is 4. The lowest BCUT2D eigenvalue weighted by Crippen LogP contribution is -2.32. The Morgan fingerprint density at radius 3 is 3.07 bits per heavy atom. The summed E-state index contributed by atoms with van der Waals surface area (Å²) in [4.78, 5) is 23.1. The van der Waals surface area contributed by atoms with E-state index in [0.29, 0.717) is 6.42 Å². The van der Waals surface area contributed by atoms with Crippen molar-refractivity contribution in [1.29, 1.82) is 0 Å². The molecule has 1 N–H and O–H groups in total. The Hall–Kier alpha value is -3.28. The maximum Gasteiger partial charge on any atom is 0.227 e. The number of methoxy groups -OCH3 is 1. The lowest BCUT2D eigenvalue weighted by molar-refractivity contribution is -0.131. The molecule has 1 aliphatic rings. The van der Waals surface area contributed by atoms with Gasteiger partial charge in [0.05, 0.1) is 36.9 Å². The Morgan fingerprint density at radius 1 is 1.32 bits per heavy atom. The van der Waals surface area contributed by atoms with Crippen molar-refractivity contribution in [3.05, 3.63) is 60.1 Å². The number of fused-ring (bicyclic) bond motifs is 2. The summed E-state index contributed by atoms with van der Waals surface area (Å²) >= 11 is 0. The van der Waals surface area contributed by atoms with Crippen LogP contribution in [0.5, 0.6) is 5.75 Å². The molecule has 2 aromatic carbocycles. The third kappa shape index (κ3) is 2.81. The molecule has 0 bridgehead atoms. The van der Waals surface area contributed by atoms with E-state index in [1.165, 1.54) is 0 Å². The zero-order valence-electron chi connectivity index (χ0n) is 15.6. The largest absolute Gasteiger partial charge is 0.497 e. The van der Waals surface area contributed by atoms with Crippen molar-refractivity contribution < 1.29 is 13.9 Å². The predicted molar refractivity (Wildman–Crippen MR) is 106 cm³/mol. The summed E-state index contributed by atoms with van der Waals surface area (Å²) in [5.74, 6) is 1.71. The van der Waals surface area contributed by atoms with Crippen LogP contribution >= 0.6 is 0 Å². The van der Waals surface area contributed by atoms with Crippen LogP contribution in [0.2, 0.25) is 0 Å². The number of nitrogens with one attached hydrogen (secondary N) is 1. The number of para-hydroxylation sites is 2. The van der Waals surface area contributed by atoms with Crippen LogP contribution in [-0.4, -0.2) is 34.4 Å². The van der Waals surface area contributed by atoms with E-state index >= 15 is 0 Å². The van der Waals surface area contributed by atoms with Crippen molar-refractivity contribution in [1.82, 2.24) is 14.9 Å². The van der Waals surface area contributed by atoms with Gasteiger partial charge in [-0.2, -0.15) is 0 Å². The van der Waals surface area contributed by atoms with Gasteiger partial charge in [-0.15, -0.1) is 0 Å². The van der Waals surface area contributed by atoms with Gasteiger partial charge in [-0.3, -0.25) is 4.79 Å². The third-order valence-corrected chi connectivity index (χ3v) is 5.50. The number of imidazole rings is 1. The van der Waals surface area contributed by atoms with Crippen LogP contribution in [-0.2, 0) is 11.2 Å². The zero-order chi connectivity index (χ0) is 19.1. The van der Waals surface area contributed by atoms with Gasteiger partial charge in [-0.1, -0.05) is 12.1 Å². The van der Waals surface area contributed by atoms with Gasteiger partial charge >= 0.3 is 0 Å². The first-order valence-corrected chi connectivity index (χ1v) is 9.51. The summed E-state index contributed by atoms with van der Waals surface area (Å²) in [5.41, 5.74) is 3.58. The monoisotopic (exact) mass is 375 g/mol. The van der Waals surface area contributed by atoms with Crippen LogP contribution in [0.15, 0.2) is 53.1 Å². The molecule has 2 aromatic heterocycles. The van der Waals surface area contributed by atoms with Crippen molar-refractivity contribution in [3.63, 3.8) is 0 Å². The molecule has 3 heterocycles. The number of aromatic nitrogens is 2. The number of nitrogens with zero attached hydrogens (tertiary/aromatic N) is 2. The van der Waals surface area contributed by atoms with Gasteiger partial charge in [0.2, 0.25) is 5.91 Å². The number of hydrogen-bond acceptors (Lipinski definition) is 4. The summed E-state index contributed by atoms with van der Waals surface area (Å²) in [6.45, 7) is 0.754. The van der Waals surface area contributed by atoms with Crippen molar-refractivity contribution in [2.24, 2.45) is 0 Å². The Labute approximate surface area is 162 Å². The maximum absolute atomic E-state index is 13.1. The lowest BCUT2D eigenvalue weighted by atomic mass is 10.1. The smallest absolute Gasteiger partial charge is 0.227 e. The van der Waals surface area contributed by atoms with Gasteiger partial charge in [-0.25, -0.2) is 4.98 Å². The number of carbonyl (C=O) groups excluding carboxylic acids is 1. The minimum Gasteiger partial charge on any atom is -0.497 e. The first kappa shape index (κ1) is 16.9. The fraction of sp³-hybridized carbons (Fsp3) is 0.273. The molecule has 6 heteroatoms. The molecule has 1 saturated heterocycles. The molecule has 1 atom stereocenters. The topological polar surface area (TPSA) is 71.4 Å². The van der Waals surface area contributed by atoms with Gasteiger partial charge in [-0.05, 0) is 37.1 Å². The van der Waals surface area contributed by atoms with E-state index < -0.39 is 0 Å². The summed E-state index contributed by atoms with van der Waals surface area (Å²) in [6.07, 6.45) is 3.90. The Kier molecular flexibility index (Phi) is 4.04. The summed E-state index contributed by atoms with van der Waals surface area (Å²) in [7, 11) is 1.63. The number of H-pyrrole nitrogens is 1. The van der Waals surface area contributed by atoms with Crippen molar-refractivity contribution in [2.45, 2.75) is 25.3 Å². The number of aromatic amines is 1. The predicted octanol–water partition coefficient (Wildman–Crippen LogP) is 4.22. The van der Waals surface area contributed by atoms with Crippen LogP contribution in [0.1, 0.15) is 30.3 Å². The average molecular weight is 375 g/mol. The van der Waals surface area contributed by atoms with Gasteiger partial charge in [0.1, 0.15) is 17.2 Å². The first-order chi connectivity index (χ1) is 13.7. The van der Waals surface area contributed by atoms with Gasteiger partial charge in [0.25, 0.3) is 0 Å². The van der Waals surface area contributed by atoms with Crippen LogP contribution in [0.3, 0.4) is 0 Å². The standard InChI is InChI=1S/C22H21N3O3/c1-27-15-8-9-16-14(13-28-20(16)12-15)11-21(26)25-10-4-7-19(25)22-23-17-5-2-3-6-18(17)24-22/h2-3,5-6,8-9,12-13,19H,4,7,10-11H2,1H3,(H,23,24)/t19-/m1/s1. The number of likely N-dealkylation sites (tertiary alicyclic amines) is 1. The van der Waals surface area contributed by atoms with Crippen LogP contribution in [0.4, 0.5) is 0 Å². The molecule has 0 unspecified atom stereocenters. The zero-order valence-corrected chi connectivity index (χ0v) is 15.6. The fourth-order valence-corrected chi connectivity index (χ4v) is 4.07. The highest BCUT2D eigenvalue weighted by Crippen LogP contribution is 2.33. The molecule has 28 heavy (non-hydrogen) atoms. The lowest BCUT2D eigenvalue weighted by Gasteiger charge is -2.23. The Morgan fingerprint density at radius 2 is 2.21 bits per heavy atom. The van der Waals surface area contributed by atoms with E-state index in [1.807, 2.05) is 47.4 Å². The molecule has 1 amide bonds. The highest BCUT2D eigenvalue weighted by atomic mass is 16.5. The van der Waals surface area contributed by atoms with E-state index in [9.17, 15) is 4.79 Å². The van der Waals surface area contributed by atoms with Gasteiger partial charge in [0, 0.05) is 23.6 Å². The summed E-state index contributed by atoms with van der Waals surface area (Å²) in [5, 5.41) is 0.952. The molecule has 6 nitrogen and oxygen atoms in total. The quantitative estimate of drug-likeness (QED) is 0.580.